The van der Waals surface area contributed by atoms with Crippen molar-refractivity contribution in [3.63, 3.8) is 0 Å². The summed E-state index contributed by atoms with van der Waals surface area (Å²) in [4.78, 5) is 9.53. The highest BCUT2D eigenvalue weighted by atomic mass is 32.2. The normalized spacial score (nSPS) is 6.91. The predicted molar refractivity (Wildman–Crippen MR) is 50.4 cm³/mol. The van der Waals surface area contributed by atoms with Crippen LogP contribution in [0, 0.1) is 0 Å². The third-order valence-electron chi connectivity index (χ3n) is 0.511. The average Bonchev–Trinajstić information content (AvgIpc) is 1.90. The zero-order chi connectivity index (χ0) is 9.11. The zero-order valence-electron chi connectivity index (χ0n) is 6.32. The van der Waals surface area contributed by atoms with Crippen molar-refractivity contribution in [2.75, 3.05) is 0 Å². The number of carbonyl (C=O) groups is 1. The lowest BCUT2D eigenvalue weighted by atomic mass is 10.4. The van der Waals surface area contributed by atoms with Crippen molar-refractivity contribution in [3.8, 4) is 0 Å². The Morgan fingerprint density at radius 3 is 1.82 bits per heavy atom. The van der Waals surface area contributed by atoms with Gasteiger partial charge in [0, 0.05) is 0 Å². The van der Waals surface area contributed by atoms with E-state index < -0.39 is 5.97 Å². The van der Waals surface area contributed by atoms with Crippen molar-refractivity contribution < 1.29 is 9.90 Å². The Balaban J connectivity index is 0. The first kappa shape index (κ1) is 12.7. The van der Waals surface area contributed by atoms with Crippen LogP contribution in [0.3, 0.4) is 0 Å². The highest BCUT2D eigenvalue weighted by molar-refractivity contribution is 8.04. The molecule has 0 saturated heterocycles. The molecule has 0 atom stereocenters. The van der Waals surface area contributed by atoms with Gasteiger partial charge in [-0.25, -0.2) is 0 Å². The van der Waals surface area contributed by atoms with E-state index in [2.05, 4.69) is 19.7 Å². The van der Waals surface area contributed by atoms with E-state index in [1.54, 1.807) is 10.8 Å². The number of hydrogen-bond acceptors (Lipinski definition) is 2. The summed E-state index contributed by atoms with van der Waals surface area (Å²) in [6.45, 7) is 10.1. The van der Waals surface area contributed by atoms with Crippen molar-refractivity contribution in [3.05, 3.63) is 36.6 Å². The van der Waals surface area contributed by atoms with E-state index in [4.69, 9.17) is 5.11 Å². The van der Waals surface area contributed by atoms with Crippen molar-refractivity contribution in [1.29, 1.82) is 0 Å². The summed E-state index contributed by atoms with van der Waals surface area (Å²) < 4.78 is 0. The zero-order valence-corrected chi connectivity index (χ0v) is 7.14. The SMILES string of the molecule is C=CCC(=O)O.C=CSC=C. The van der Waals surface area contributed by atoms with E-state index in [-0.39, 0.29) is 6.42 Å². The largest absolute Gasteiger partial charge is 0.481 e. The smallest absolute Gasteiger partial charge is 0.307 e. The van der Waals surface area contributed by atoms with Crippen LogP contribution in [0.25, 0.3) is 0 Å². The Morgan fingerprint density at radius 2 is 1.82 bits per heavy atom. The Kier molecular flexibility index (Phi) is 13.6. The molecule has 0 aromatic heterocycles. The Morgan fingerprint density at radius 1 is 1.36 bits per heavy atom. The maximum Gasteiger partial charge on any atom is 0.307 e. The second kappa shape index (κ2) is 11.8. The number of aliphatic carboxylic acids is 1. The predicted octanol–water partition coefficient (Wildman–Crippen LogP) is 2.65. The minimum absolute atomic E-state index is 0.0556. The molecule has 2 nitrogen and oxygen atoms in total. The molecule has 1 N–H and O–H groups in total. The molecule has 0 unspecified atom stereocenters. The molecular weight excluding hydrogens is 160 g/mol. The van der Waals surface area contributed by atoms with Crippen LogP contribution in [-0.4, -0.2) is 11.1 Å². The summed E-state index contributed by atoms with van der Waals surface area (Å²) in [7, 11) is 0. The van der Waals surface area contributed by atoms with E-state index >= 15 is 0 Å². The molecule has 0 rings (SSSR count). The van der Waals surface area contributed by atoms with E-state index in [0.29, 0.717) is 0 Å². The summed E-state index contributed by atoms with van der Waals surface area (Å²) >= 11 is 1.49. The highest BCUT2D eigenvalue weighted by Crippen LogP contribution is 1.96. The summed E-state index contributed by atoms with van der Waals surface area (Å²) in [6.07, 6.45) is 1.41. The van der Waals surface area contributed by atoms with Crippen LogP contribution >= 0.6 is 11.8 Å². The molecular formula is C8H12O2S. The van der Waals surface area contributed by atoms with Crippen LogP contribution in [0.4, 0.5) is 0 Å². The van der Waals surface area contributed by atoms with Crippen LogP contribution in [0.15, 0.2) is 36.6 Å². The molecule has 3 heteroatoms. The van der Waals surface area contributed by atoms with Crippen LogP contribution in [0.1, 0.15) is 6.42 Å². The van der Waals surface area contributed by atoms with Crippen LogP contribution in [0.5, 0.6) is 0 Å². The summed E-state index contributed by atoms with van der Waals surface area (Å²) in [5.41, 5.74) is 0. The van der Waals surface area contributed by atoms with Gasteiger partial charge in [-0.2, -0.15) is 0 Å². The second-order valence-electron chi connectivity index (χ2n) is 1.36. The van der Waals surface area contributed by atoms with Gasteiger partial charge in [0.2, 0.25) is 0 Å². The van der Waals surface area contributed by atoms with E-state index in [0.717, 1.165) is 0 Å². The van der Waals surface area contributed by atoms with Gasteiger partial charge in [0.1, 0.15) is 0 Å². The van der Waals surface area contributed by atoms with Crippen molar-refractivity contribution >= 4 is 17.7 Å². The van der Waals surface area contributed by atoms with Gasteiger partial charge in [0.05, 0.1) is 6.42 Å². The van der Waals surface area contributed by atoms with E-state index in [9.17, 15) is 4.79 Å². The monoisotopic (exact) mass is 172 g/mol. The fraction of sp³-hybridized carbons (Fsp3) is 0.125. The molecule has 0 radical (unpaired) electrons. The molecule has 0 aromatic rings. The molecule has 62 valence electrons. The quantitative estimate of drug-likeness (QED) is 0.662. The number of carboxylic acid groups (broad SMARTS) is 1. The van der Waals surface area contributed by atoms with Gasteiger partial charge in [0.25, 0.3) is 0 Å². The number of thioether (sulfide) groups is 1. The molecule has 0 amide bonds. The van der Waals surface area contributed by atoms with Gasteiger partial charge in [-0.3, -0.25) is 4.79 Å². The van der Waals surface area contributed by atoms with Gasteiger partial charge >= 0.3 is 5.97 Å². The van der Waals surface area contributed by atoms with Crippen LogP contribution in [0.2, 0.25) is 0 Å². The lowest BCUT2D eigenvalue weighted by Gasteiger charge is -1.75. The van der Waals surface area contributed by atoms with Gasteiger partial charge < -0.3 is 5.11 Å². The van der Waals surface area contributed by atoms with E-state index in [1.807, 2.05) is 0 Å². The number of hydrogen-bond donors (Lipinski definition) is 1. The minimum Gasteiger partial charge on any atom is -0.481 e. The third kappa shape index (κ3) is 27.5. The van der Waals surface area contributed by atoms with Crippen molar-refractivity contribution in [1.82, 2.24) is 0 Å². The summed E-state index contributed by atoms with van der Waals surface area (Å²) in [5.74, 6) is -0.829. The maximum atomic E-state index is 9.53. The van der Waals surface area contributed by atoms with Gasteiger partial charge in [0.15, 0.2) is 0 Å². The van der Waals surface area contributed by atoms with E-state index in [1.165, 1.54) is 17.8 Å². The number of carboxylic acids is 1. The van der Waals surface area contributed by atoms with Crippen molar-refractivity contribution in [2.45, 2.75) is 6.42 Å². The van der Waals surface area contributed by atoms with Gasteiger partial charge in [-0.05, 0) is 10.8 Å². The maximum absolute atomic E-state index is 9.53. The minimum atomic E-state index is -0.829. The highest BCUT2D eigenvalue weighted by Gasteiger charge is 1.84. The molecule has 0 aliphatic heterocycles. The summed E-state index contributed by atoms with van der Waals surface area (Å²) in [6, 6.07) is 0. The Labute approximate surface area is 71.3 Å². The molecule has 0 aliphatic carbocycles. The first-order valence-electron chi connectivity index (χ1n) is 2.89. The molecule has 11 heavy (non-hydrogen) atoms. The molecule has 0 spiro atoms. The Bertz CT molecular complexity index is 135. The molecule has 0 aliphatic rings. The molecule has 0 saturated carbocycles. The van der Waals surface area contributed by atoms with Gasteiger partial charge in [-0.1, -0.05) is 19.2 Å². The molecule has 0 aromatic carbocycles. The molecule has 0 fully saturated rings. The second-order valence-corrected chi connectivity index (χ2v) is 2.29. The fourth-order valence-corrected chi connectivity index (χ4v) is 0.328. The average molecular weight is 172 g/mol. The first-order chi connectivity index (χ1) is 5.18. The van der Waals surface area contributed by atoms with Crippen molar-refractivity contribution in [2.24, 2.45) is 0 Å². The molecule has 0 bridgehead atoms. The lowest BCUT2D eigenvalue weighted by molar-refractivity contribution is -0.135. The standard InChI is InChI=1S/C4H6O2.C4H6S/c1-2-3-4(5)6;1-3-5-4-2/h2H,1,3H2,(H,5,6);3-4H,1-2H2. The third-order valence-corrected chi connectivity index (χ3v) is 0.896. The van der Waals surface area contributed by atoms with Crippen LogP contribution in [-0.2, 0) is 4.79 Å². The number of rotatable bonds is 4. The first-order valence-corrected chi connectivity index (χ1v) is 3.83. The lowest BCUT2D eigenvalue weighted by Crippen LogP contribution is -1.88. The Hall–Kier alpha value is -0.960. The summed E-state index contributed by atoms with van der Waals surface area (Å²) in [5, 5.41) is 11.3. The van der Waals surface area contributed by atoms with Gasteiger partial charge in [-0.15, -0.1) is 18.3 Å². The van der Waals surface area contributed by atoms with Crippen LogP contribution < -0.4 is 0 Å². The topological polar surface area (TPSA) is 37.3 Å². The molecule has 0 heterocycles. The fourth-order valence-electron chi connectivity index (χ4n) is 0.192.